The van der Waals surface area contributed by atoms with Crippen LogP contribution in [0.15, 0.2) is 48.5 Å². The summed E-state index contributed by atoms with van der Waals surface area (Å²) in [6, 6.07) is 12.9. The summed E-state index contributed by atoms with van der Waals surface area (Å²) in [4.78, 5) is 23.3. The highest BCUT2D eigenvalue weighted by molar-refractivity contribution is 6.02. The molecule has 0 unspecified atom stereocenters. The number of carboxylic acid groups (broad SMARTS) is 1. The lowest BCUT2D eigenvalue weighted by Crippen LogP contribution is -2.10. The van der Waals surface area contributed by atoms with E-state index in [1.807, 2.05) is 37.3 Å². The topological polar surface area (TPSA) is 84.9 Å². The van der Waals surface area contributed by atoms with Crippen molar-refractivity contribution in [2.75, 3.05) is 18.5 Å². The first kappa shape index (κ1) is 23.0. The van der Waals surface area contributed by atoms with Gasteiger partial charge in [0, 0.05) is 12.5 Å². The molecule has 30 heavy (non-hydrogen) atoms. The lowest BCUT2D eigenvalue weighted by molar-refractivity contribution is -0.137. The second-order valence-electron chi connectivity index (χ2n) is 6.81. The summed E-state index contributed by atoms with van der Waals surface area (Å²) < 4.78 is 11.3. The van der Waals surface area contributed by atoms with Crippen LogP contribution in [0.25, 0.3) is 6.08 Å². The number of aryl methyl sites for hydroxylation is 1. The van der Waals surface area contributed by atoms with Gasteiger partial charge >= 0.3 is 5.97 Å². The molecule has 2 aromatic rings. The third kappa shape index (κ3) is 7.99. The van der Waals surface area contributed by atoms with Gasteiger partial charge in [0.05, 0.1) is 18.9 Å². The molecule has 0 aliphatic heterocycles. The molecule has 0 radical (unpaired) electrons. The second kappa shape index (κ2) is 12.3. The van der Waals surface area contributed by atoms with Crippen molar-refractivity contribution in [1.82, 2.24) is 0 Å². The Labute approximate surface area is 177 Å². The molecule has 2 rings (SSSR count). The number of benzene rings is 2. The van der Waals surface area contributed by atoms with Crippen molar-refractivity contribution in [1.29, 1.82) is 0 Å². The Morgan fingerprint density at radius 1 is 1.00 bits per heavy atom. The van der Waals surface area contributed by atoms with E-state index in [2.05, 4.69) is 12.2 Å². The van der Waals surface area contributed by atoms with E-state index in [1.165, 1.54) is 6.08 Å². The van der Waals surface area contributed by atoms with Crippen LogP contribution >= 0.6 is 0 Å². The summed E-state index contributed by atoms with van der Waals surface area (Å²) in [5.41, 5.74) is 2.24. The minimum absolute atomic E-state index is 0.0282. The molecule has 160 valence electrons. The molecular formula is C24H29NO5. The zero-order valence-corrected chi connectivity index (χ0v) is 17.5. The van der Waals surface area contributed by atoms with Crippen LogP contribution in [0.4, 0.5) is 5.69 Å². The van der Waals surface area contributed by atoms with Crippen LogP contribution in [0.1, 0.15) is 44.2 Å². The van der Waals surface area contributed by atoms with Gasteiger partial charge in [-0.15, -0.1) is 0 Å². The molecule has 0 bridgehead atoms. The number of aliphatic carboxylic acids is 1. The molecule has 2 aromatic carbocycles. The van der Waals surface area contributed by atoms with Crippen LogP contribution in [-0.2, 0) is 16.0 Å². The standard InChI is InChI=1S/C24H29NO5/c1-3-15-29-20-10-5-18(6-11-20)8-13-23(26)25-21-17-19(9-14-24(27)28)7-12-22(21)30-16-4-2/h5-8,10-13,17H,3-4,9,14-16H2,1-2H3,(H,25,26)(H,27,28)/b13-8+. The Hall–Kier alpha value is -3.28. The zero-order chi connectivity index (χ0) is 21.8. The first-order valence-corrected chi connectivity index (χ1v) is 10.2. The van der Waals surface area contributed by atoms with E-state index in [9.17, 15) is 9.59 Å². The van der Waals surface area contributed by atoms with Crippen LogP contribution in [-0.4, -0.2) is 30.2 Å². The highest BCUT2D eigenvalue weighted by Crippen LogP contribution is 2.27. The van der Waals surface area contributed by atoms with Crippen LogP contribution in [0.5, 0.6) is 11.5 Å². The van der Waals surface area contributed by atoms with Gasteiger partial charge in [-0.05, 0) is 60.7 Å². The molecule has 0 fully saturated rings. The van der Waals surface area contributed by atoms with E-state index in [1.54, 1.807) is 18.2 Å². The van der Waals surface area contributed by atoms with E-state index in [0.717, 1.165) is 29.7 Å². The Bertz CT molecular complexity index is 858. The average Bonchev–Trinajstić information content (AvgIpc) is 2.75. The molecule has 0 saturated carbocycles. The van der Waals surface area contributed by atoms with Gasteiger partial charge in [-0.1, -0.05) is 32.0 Å². The summed E-state index contributed by atoms with van der Waals surface area (Å²) in [5.74, 6) is 0.212. The molecule has 0 aliphatic rings. The molecular weight excluding hydrogens is 382 g/mol. The van der Waals surface area contributed by atoms with Crippen molar-refractivity contribution >= 4 is 23.6 Å². The van der Waals surface area contributed by atoms with Crippen molar-refractivity contribution < 1.29 is 24.2 Å². The van der Waals surface area contributed by atoms with Gasteiger partial charge in [-0.25, -0.2) is 0 Å². The summed E-state index contributed by atoms with van der Waals surface area (Å²) >= 11 is 0. The lowest BCUT2D eigenvalue weighted by Gasteiger charge is -2.13. The van der Waals surface area contributed by atoms with Gasteiger partial charge in [-0.2, -0.15) is 0 Å². The molecule has 0 saturated heterocycles. The van der Waals surface area contributed by atoms with Crippen LogP contribution in [0.3, 0.4) is 0 Å². The van der Waals surface area contributed by atoms with Gasteiger partial charge in [0.25, 0.3) is 0 Å². The number of carboxylic acids is 1. The number of nitrogens with one attached hydrogen (secondary N) is 1. The molecule has 0 aliphatic carbocycles. The van der Waals surface area contributed by atoms with Crippen LogP contribution in [0, 0.1) is 0 Å². The molecule has 6 nitrogen and oxygen atoms in total. The number of hydrogen-bond donors (Lipinski definition) is 2. The molecule has 1 amide bonds. The number of rotatable bonds is 12. The summed E-state index contributed by atoms with van der Waals surface area (Å²) in [6.07, 6.45) is 5.37. The maximum absolute atomic E-state index is 12.4. The van der Waals surface area contributed by atoms with E-state index in [-0.39, 0.29) is 12.3 Å². The van der Waals surface area contributed by atoms with E-state index in [0.29, 0.717) is 31.1 Å². The second-order valence-corrected chi connectivity index (χ2v) is 6.81. The van der Waals surface area contributed by atoms with Gasteiger partial charge in [0.2, 0.25) is 5.91 Å². The predicted molar refractivity (Wildman–Crippen MR) is 118 cm³/mol. The fourth-order valence-corrected chi connectivity index (χ4v) is 2.66. The monoisotopic (exact) mass is 411 g/mol. The number of amides is 1. The van der Waals surface area contributed by atoms with Gasteiger partial charge in [-0.3, -0.25) is 9.59 Å². The van der Waals surface area contributed by atoms with E-state index in [4.69, 9.17) is 14.6 Å². The highest BCUT2D eigenvalue weighted by Gasteiger charge is 2.09. The minimum Gasteiger partial charge on any atom is -0.494 e. The first-order chi connectivity index (χ1) is 14.5. The average molecular weight is 411 g/mol. The number of hydrogen-bond acceptors (Lipinski definition) is 4. The quantitative estimate of drug-likeness (QED) is 0.484. The predicted octanol–water partition coefficient (Wildman–Crippen LogP) is 4.93. The van der Waals surface area contributed by atoms with Crippen molar-refractivity contribution in [2.24, 2.45) is 0 Å². The van der Waals surface area contributed by atoms with Crippen LogP contribution < -0.4 is 14.8 Å². The Kier molecular flexibility index (Phi) is 9.45. The summed E-state index contributed by atoms with van der Waals surface area (Å²) in [5, 5.41) is 11.7. The largest absolute Gasteiger partial charge is 0.494 e. The normalized spacial score (nSPS) is 10.7. The summed E-state index contributed by atoms with van der Waals surface area (Å²) in [7, 11) is 0. The first-order valence-electron chi connectivity index (χ1n) is 10.2. The van der Waals surface area contributed by atoms with E-state index >= 15 is 0 Å². The fourth-order valence-electron chi connectivity index (χ4n) is 2.66. The molecule has 2 N–H and O–H groups in total. The molecule has 0 aromatic heterocycles. The number of carbonyl (C=O) groups excluding carboxylic acids is 1. The Balaban J connectivity index is 2.06. The van der Waals surface area contributed by atoms with Crippen LogP contribution in [0.2, 0.25) is 0 Å². The molecule has 0 atom stereocenters. The number of carbonyl (C=O) groups is 2. The van der Waals surface area contributed by atoms with Crippen molar-refractivity contribution in [3.63, 3.8) is 0 Å². The zero-order valence-electron chi connectivity index (χ0n) is 17.5. The maximum Gasteiger partial charge on any atom is 0.303 e. The van der Waals surface area contributed by atoms with Crippen molar-refractivity contribution in [2.45, 2.75) is 39.5 Å². The van der Waals surface area contributed by atoms with Gasteiger partial charge in [0.1, 0.15) is 11.5 Å². The fraction of sp³-hybridized carbons (Fsp3) is 0.333. The van der Waals surface area contributed by atoms with E-state index < -0.39 is 5.97 Å². The molecule has 6 heteroatoms. The number of ether oxygens (including phenoxy) is 2. The highest BCUT2D eigenvalue weighted by atomic mass is 16.5. The molecule has 0 spiro atoms. The maximum atomic E-state index is 12.4. The third-order valence-corrected chi connectivity index (χ3v) is 4.17. The molecule has 0 heterocycles. The minimum atomic E-state index is -0.860. The Morgan fingerprint density at radius 2 is 1.70 bits per heavy atom. The lowest BCUT2D eigenvalue weighted by atomic mass is 10.1. The summed E-state index contributed by atoms with van der Waals surface area (Å²) in [6.45, 7) is 5.25. The smallest absolute Gasteiger partial charge is 0.303 e. The third-order valence-electron chi connectivity index (χ3n) is 4.17. The number of anilines is 1. The Morgan fingerprint density at radius 3 is 2.37 bits per heavy atom. The van der Waals surface area contributed by atoms with Crippen molar-refractivity contribution in [3.05, 3.63) is 59.7 Å². The SMILES string of the molecule is CCCOc1ccc(/C=C/C(=O)Nc2cc(CCC(=O)O)ccc2OCCC)cc1. The van der Waals surface area contributed by atoms with Gasteiger partial charge in [0.15, 0.2) is 0 Å². The van der Waals surface area contributed by atoms with Crippen molar-refractivity contribution in [3.8, 4) is 11.5 Å². The van der Waals surface area contributed by atoms with Gasteiger partial charge < -0.3 is 19.9 Å².